The van der Waals surface area contributed by atoms with E-state index in [2.05, 4.69) is 23.3 Å². The lowest BCUT2D eigenvalue weighted by atomic mass is 10.4. The Bertz CT molecular complexity index is 283. The van der Waals surface area contributed by atoms with Gasteiger partial charge in [0.15, 0.2) is 0 Å². The van der Waals surface area contributed by atoms with Crippen molar-refractivity contribution in [1.82, 2.24) is 15.1 Å². The number of rotatable bonds is 5. The van der Waals surface area contributed by atoms with Gasteiger partial charge < -0.3 is 5.32 Å². The zero-order chi connectivity index (χ0) is 9.52. The summed E-state index contributed by atoms with van der Waals surface area (Å²) in [6.45, 7) is 4.57. The number of aromatic nitrogens is 2. The van der Waals surface area contributed by atoms with Gasteiger partial charge >= 0.3 is 0 Å². The highest BCUT2D eigenvalue weighted by molar-refractivity contribution is 5.02. The second-order valence-electron chi connectivity index (χ2n) is 2.86. The molecule has 1 aromatic heterocycles. The van der Waals surface area contributed by atoms with E-state index in [0.29, 0.717) is 6.54 Å². The van der Waals surface area contributed by atoms with E-state index in [9.17, 15) is 0 Å². The second kappa shape index (κ2) is 5.39. The summed E-state index contributed by atoms with van der Waals surface area (Å²) in [4.78, 5) is 0. The van der Waals surface area contributed by atoms with E-state index >= 15 is 0 Å². The van der Waals surface area contributed by atoms with Gasteiger partial charge in [-0.15, -0.1) is 6.42 Å². The zero-order valence-corrected chi connectivity index (χ0v) is 7.95. The third-order valence-electron chi connectivity index (χ3n) is 1.78. The lowest BCUT2D eigenvalue weighted by Gasteiger charge is -2.04. The summed E-state index contributed by atoms with van der Waals surface area (Å²) in [6.07, 6.45) is 8.13. The van der Waals surface area contributed by atoms with Gasteiger partial charge in [-0.3, -0.25) is 4.68 Å². The lowest BCUT2D eigenvalue weighted by molar-refractivity contribution is 0.603. The van der Waals surface area contributed by atoms with Crippen LogP contribution in [0.5, 0.6) is 0 Å². The molecule has 0 aliphatic heterocycles. The second-order valence-corrected chi connectivity index (χ2v) is 2.86. The molecule has 1 N–H and O–H groups in total. The summed E-state index contributed by atoms with van der Waals surface area (Å²) < 4.78 is 1.84. The number of nitrogens with zero attached hydrogens (tertiary/aromatic N) is 2. The lowest BCUT2D eigenvalue weighted by Crippen LogP contribution is -2.17. The maximum atomic E-state index is 5.21. The summed E-state index contributed by atoms with van der Waals surface area (Å²) in [7, 11) is 0. The summed E-state index contributed by atoms with van der Waals surface area (Å²) in [5.41, 5.74) is 1.14. The minimum absolute atomic E-state index is 0.552. The molecule has 0 atom stereocenters. The van der Waals surface area contributed by atoms with E-state index in [0.717, 1.165) is 25.2 Å². The molecular formula is C10H15N3. The van der Waals surface area contributed by atoms with Crippen LogP contribution in [0.15, 0.2) is 12.3 Å². The van der Waals surface area contributed by atoms with Crippen molar-refractivity contribution in [2.45, 2.75) is 26.4 Å². The molecule has 1 heterocycles. The third-order valence-corrected chi connectivity index (χ3v) is 1.78. The first-order valence-corrected chi connectivity index (χ1v) is 4.53. The number of hydrogen-bond donors (Lipinski definition) is 1. The van der Waals surface area contributed by atoms with Gasteiger partial charge in [-0.25, -0.2) is 0 Å². The van der Waals surface area contributed by atoms with Gasteiger partial charge in [0.25, 0.3) is 0 Å². The third kappa shape index (κ3) is 2.92. The molecule has 1 aromatic rings. The van der Waals surface area contributed by atoms with Crippen molar-refractivity contribution in [3.05, 3.63) is 18.0 Å². The summed E-state index contributed by atoms with van der Waals surface area (Å²) in [5, 5.41) is 7.43. The van der Waals surface area contributed by atoms with E-state index in [1.807, 2.05) is 10.7 Å². The van der Waals surface area contributed by atoms with Crippen molar-refractivity contribution in [2.75, 3.05) is 6.54 Å². The van der Waals surface area contributed by atoms with Crippen LogP contribution in [-0.4, -0.2) is 16.3 Å². The van der Waals surface area contributed by atoms with Gasteiger partial charge in [0, 0.05) is 12.7 Å². The van der Waals surface area contributed by atoms with Crippen LogP contribution in [0.1, 0.15) is 19.0 Å². The van der Waals surface area contributed by atoms with Gasteiger partial charge in [0.2, 0.25) is 0 Å². The molecule has 0 unspecified atom stereocenters. The largest absolute Gasteiger partial charge is 0.311 e. The topological polar surface area (TPSA) is 29.9 Å². The Morgan fingerprint density at radius 2 is 2.54 bits per heavy atom. The van der Waals surface area contributed by atoms with E-state index in [1.165, 1.54) is 0 Å². The zero-order valence-electron chi connectivity index (χ0n) is 7.95. The first-order valence-electron chi connectivity index (χ1n) is 4.53. The Kier molecular flexibility index (Phi) is 4.07. The molecule has 1 rings (SSSR count). The normalized spacial score (nSPS) is 9.85. The van der Waals surface area contributed by atoms with Crippen molar-refractivity contribution in [3.8, 4) is 12.3 Å². The molecule has 3 nitrogen and oxygen atoms in total. The Balaban J connectivity index is 2.46. The van der Waals surface area contributed by atoms with Gasteiger partial charge in [-0.05, 0) is 19.0 Å². The molecule has 13 heavy (non-hydrogen) atoms. The van der Waals surface area contributed by atoms with Crippen molar-refractivity contribution in [3.63, 3.8) is 0 Å². The van der Waals surface area contributed by atoms with Crippen molar-refractivity contribution >= 4 is 0 Å². The highest BCUT2D eigenvalue weighted by atomic mass is 15.3. The molecule has 0 saturated carbocycles. The fraction of sp³-hybridized carbons (Fsp3) is 0.500. The van der Waals surface area contributed by atoms with Crippen LogP contribution < -0.4 is 5.32 Å². The highest BCUT2D eigenvalue weighted by Crippen LogP contribution is 1.97. The molecule has 0 aliphatic rings. The van der Waals surface area contributed by atoms with Crippen LogP contribution >= 0.6 is 0 Å². The number of hydrogen-bond acceptors (Lipinski definition) is 2. The molecule has 70 valence electrons. The van der Waals surface area contributed by atoms with Crippen LogP contribution in [-0.2, 0) is 13.1 Å². The molecule has 3 heteroatoms. The fourth-order valence-electron chi connectivity index (χ4n) is 1.13. The number of nitrogens with one attached hydrogen (secondary N) is 1. The Hall–Kier alpha value is -1.27. The van der Waals surface area contributed by atoms with Crippen LogP contribution in [0.2, 0.25) is 0 Å². The van der Waals surface area contributed by atoms with Gasteiger partial charge in [-0.2, -0.15) is 5.10 Å². The molecular weight excluding hydrogens is 162 g/mol. The van der Waals surface area contributed by atoms with Gasteiger partial charge in [-0.1, -0.05) is 12.8 Å². The fourth-order valence-corrected chi connectivity index (χ4v) is 1.13. The van der Waals surface area contributed by atoms with Crippen LogP contribution in [0.4, 0.5) is 0 Å². The average Bonchev–Trinajstić information content (AvgIpc) is 2.54. The molecule has 0 saturated heterocycles. The van der Waals surface area contributed by atoms with Crippen LogP contribution in [0.3, 0.4) is 0 Å². The predicted molar refractivity (Wildman–Crippen MR) is 53.1 cm³/mol. The van der Waals surface area contributed by atoms with Crippen LogP contribution in [0, 0.1) is 12.3 Å². The Morgan fingerprint density at radius 1 is 1.69 bits per heavy atom. The quantitative estimate of drug-likeness (QED) is 0.537. The Morgan fingerprint density at radius 3 is 3.23 bits per heavy atom. The first-order chi connectivity index (χ1) is 6.38. The van der Waals surface area contributed by atoms with E-state index < -0.39 is 0 Å². The summed E-state index contributed by atoms with van der Waals surface area (Å²) in [5.74, 6) is 2.57. The summed E-state index contributed by atoms with van der Waals surface area (Å²) >= 11 is 0. The molecule has 0 aromatic carbocycles. The standard InChI is InChI=1S/C10H15N3/c1-3-6-11-9-10-5-7-12-13(10)8-4-2/h2,5,7,11H,3,6,8-9H2,1H3. The maximum Gasteiger partial charge on any atom is 0.102 e. The van der Waals surface area contributed by atoms with E-state index in [1.54, 1.807) is 6.20 Å². The SMILES string of the molecule is C#CCn1nccc1CNCCC. The Labute approximate surface area is 79.1 Å². The predicted octanol–water partition coefficient (Wildman–Crippen LogP) is 1.02. The monoisotopic (exact) mass is 177 g/mol. The molecule has 0 spiro atoms. The van der Waals surface area contributed by atoms with Gasteiger partial charge in [0.1, 0.15) is 6.54 Å². The van der Waals surface area contributed by atoms with Crippen molar-refractivity contribution in [2.24, 2.45) is 0 Å². The minimum Gasteiger partial charge on any atom is -0.311 e. The van der Waals surface area contributed by atoms with Crippen LogP contribution in [0.25, 0.3) is 0 Å². The van der Waals surface area contributed by atoms with E-state index in [-0.39, 0.29) is 0 Å². The van der Waals surface area contributed by atoms with E-state index in [4.69, 9.17) is 6.42 Å². The van der Waals surface area contributed by atoms with Crippen molar-refractivity contribution in [1.29, 1.82) is 0 Å². The molecule has 0 bridgehead atoms. The minimum atomic E-state index is 0.552. The first kappa shape index (κ1) is 9.82. The highest BCUT2D eigenvalue weighted by Gasteiger charge is 1.98. The molecule has 0 aliphatic carbocycles. The van der Waals surface area contributed by atoms with Crippen molar-refractivity contribution < 1.29 is 0 Å². The number of terminal acetylenes is 1. The maximum absolute atomic E-state index is 5.21. The average molecular weight is 177 g/mol. The summed E-state index contributed by atoms with van der Waals surface area (Å²) in [6, 6.07) is 1.99. The molecule has 0 amide bonds. The molecule has 0 fully saturated rings. The smallest absolute Gasteiger partial charge is 0.102 e. The molecule has 0 radical (unpaired) electrons. The van der Waals surface area contributed by atoms with Gasteiger partial charge in [0.05, 0.1) is 5.69 Å².